The normalized spacial score (nSPS) is 12.7. The molecule has 0 radical (unpaired) electrons. The van der Waals surface area contributed by atoms with E-state index in [2.05, 4.69) is 20.9 Å². The van der Waals surface area contributed by atoms with Gasteiger partial charge in [0.1, 0.15) is 11.6 Å². The zero-order valence-electron chi connectivity index (χ0n) is 16.7. The van der Waals surface area contributed by atoms with Crippen LogP contribution in [0.25, 0.3) is 22.6 Å². The maximum absolute atomic E-state index is 12.9. The molecule has 0 atom stereocenters. The zero-order valence-corrected chi connectivity index (χ0v) is 18.3. The summed E-state index contributed by atoms with van der Waals surface area (Å²) in [5.74, 6) is 2.38. The highest BCUT2D eigenvalue weighted by atomic mass is 79.9. The Morgan fingerprint density at radius 1 is 1.23 bits per heavy atom. The minimum absolute atomic E-state index is 0.135. The molecule has 160 valence electrons. The van der Waals surface area contributed by atoms with Gasteiger partial charge >= 0.3 is 5.69 Å². The molecule has 0 aliphatic carbocycles. The van der Waals surface area contributed by atoms with Crippen LogP contribution in [-0.2, 0) is 13.1 Å². The number of ether oxygens (including phenoxy) is 2. The van der Waals surface area contributed by atoms with Gasteiger partial charge in [-0.05, 0) is 46.6 Å². The van der Waals surface area contributed by atoms with E-state index in [0.717, 1.165) is 12.8 Å². The Bertz CT molecular complexity index is 1380. The number of hydrogen-bond donors (Lipinski definition) is 1. The first-order valence-corrected chi connectivity index (χ1v) is 10.7. The van der Waals surface area contributed by atoms with Gasteiger partial charge in [-0.3, -0.25) is 14.3 Å². The molecule has 4 heterocycles. The monoisotopic (exact) mass is 486 g/mol. The molecule has 0 bridgehead atoms. The topological polar surface area (TPSA) is 104 Å². The first-order valence-electron chi connectivity index (χ1n) is 9.92. The number of unbranched alkanes of at least 4 members (excludes halogenated alkanes) is 1. The van der Waals surface area contributed by atoms with E-state index in [9.17, 15) is 9.59 Å². The van der Waals surface area contributed by atoms with E-state index in [0.29, 0.717) is 50.8 Å². The summed E-state index contributed by atoms with van der Waals surface area (Å²) in [5.41, 5.74) is 0.422. The number of aromatic nitrogens is 4. The second kappa shape index (κ2) is 7.77. The van der Waals surface area contributed by atoms with Crippen LogP contribution in [0, 0.1) is 0 Å². The van der Waals surface area contributed by atoms with Gasteiger partial charge in [0, 0.05) is 12.1 Å². The predicted octanol–water partition coefficient (Wildman–Crippen LogP) is 3.49. The number of rotatable bonds is 6. The van der Waals surface area contributed by atoms with Crippen molar-refractivity contribution in [3.63, 3.8) is 0 Å². The average molecular weight is 487 g/mol. The quantitative estimate of drug-likeness (QED) is 0.447. The first-order chi connectivity index (χ1) is 15.1. The van der Waals surface area contributed by atoms with Gasteiger partial charge in [-0.15, -0.1) is 0 Å². The SMILES string of the molecule is CCCCn1c(=O)[nH]c(=O)c2c1nc(-c1cc(Br)c3c(c1)OCO3)n2Cc1ccco1. The van der Waals surface area contributed by atoms with E-state index in [1.54, 1.807) is 16.9 Å². The van der Waals surface area contributed by atoms with Crippen LogP contribution in [0.15, 0.2) is 49.0 Å². The fraction of sp³-hybridized carbons (Fsp3) is 0.286. The molecule has 4 aromatic rings. The third-order valence-corrected chi connectivity index (χ3v) is 5.79. The number of halogens is 1. The van der Waals surface area contributed by atoms with Crippen LogP contribution >= 0.6 is 15.9 Å². The van der Waals surface area contributed by atoms with Crippen molar-refractivity contribution >= 4 is 27.1 Å². The van der Waals surface area contributed by atoms with Gasteiger partial charge in [0.05, 0.1) is 17.3 Å². The molecule has 1 N–H and O–H groups in total. The van der Waals surface area contributed by atoms with Gasteiger partial charge in [0.15, 0.2) is 22.7 Å². The Balaban J connectivity index is 1.79. The van der Waals surface area contributed by atoms with Gasteiger partial charge in [-0.2, -0.15) is 0 Å². The Hall–Kier alpha value is -3.27. The lowest BCUT2D eigenvalue weighted by molar-refractivity contribution is 0.173. The molecule has 10 heteroatoms. The van der Waals surface area contributed by atoms with E-state index in [4.69, 9.17) is 18.9 Å². The third kappa shape index (κ3) is 3.36. The van der Waals surface area contributed by atoms with Gasteiger partial charge in [0.25, 0.3) is 5.56 Å². The number of nitrogens with zero attached hydrogens (tertiary/aromatic N) is 3. The molecule has 0 fully saturated rings. The largest absolute Gasteiger partial charge is 0.467 e. The maximum Gasteiger partial charge on any atom is 0.330 e. The fourth-order valence-electron chi connectivity index (χ4n) is 3.73. The lowest BCUT2D eigenvalue weighted by Gasteiger charge is -2.09. The number of benzene rings is 1. The molecule has 0 saturated heterocycles. The Labute approximate surface area is 184 Å². The van der Waals surface area contributed by atoms with E-state index in [1.807, 2.05) is 25.1 Å². The number of aromatic amines is 1. The maximum atomic E-state index is 12.9. The summed E-state index contributed by atoms with van der Waals surface area (Å²) in [6.45, 7) is 2.92. The Morgan fingerprint density at radius 3 is 2.87 bits per heavy atom. The number of hydrogen-bond acceptors (Lipinski definition) is 6. The smallest absolute Gasteiger partial charge is 0.330 e. The summed E-state index contributed by atoms with van der Waals surface area (Å²) in [5, 5.41) is 0. The van der Waals surface area contributed by atoms with Crippen molar-refractivity contribution in [1.29, 1.82) is 0 Å². The standard InChI is InChI=1S/C21H19BrN4O5/c1-2-3-6-25-19-16(20(27)24-21(25)28)26(10-13-5-4-7-29-13)18(23-19)12-8-14(22)17-15(9-12)30-11-31-17/h4-5,7-9H,2-3,6,10-11H2,1H3,(H,24,27,28). The molecule has 0 spiro atoms. The first kappa shape index (κ1) is 19.7. The summed E-state index contributed by atoms with van der Waals surface area (Å²) in [6, 6.07) is 7.28. The molecule has 1 aliphatic rings. The second-order valence-electron chi connectivity index (χ2n) is 7.23. The zero-order chi connectivity index (χ0) is 21.5. The van der Waals surface area contributed by atoms with Crippen molar-refractivity contribution in [3.8, 4) is 22.9 Å². The number of imidazole rings is 1. The molecule has 3 aromatic heterocycles. The highest BCUT2D eigenvalue weighted by Crippen LogP contribution is 2.42. The summed E-state index contributed by atoms with van der Waals surface area (Å²) in [4.78, 5) is 32.6. The van der Waals surface area contributed by atoms with Gasteiger partial charge in [-0.25, -0.2) is 9.78 Å². The van der Waals surface area contributed by atoms with E-state index >= 15 is 0 Å². The summed E-state index contributed by atoms with van der Waals surface area (Å²) < 4.78 is 20.5. The highest BCUT2D eigenvalue weighted by molar-refractivity contribution is 9.10. The molecule has 31 heavy (non-hydrogen) atoms. The average Bonchev–Trinajstić information content (AvgIpc) is 3.48. The molecule has 0 amide bonds. The third-order valence-electron chi connectivity index (χ3n) is 5.20. The minimum Gasteiger partial charge on any atom is -0.467 e. The van der Waals surface area contributed by atoms with E-state index in [1.165, 1.54) is 4.57 Å². The number of furan rings is 1. The number of nitrogens with one attached hydrogen (secondary N) is 1. The van der Waals surface area contributed by atoms with Crippen LogP contribution < -0.4 is 20.7 Å². The predicted molar refractivity (Wildman–Crippen MR) is 117 cm³/mol. The van der Waals surface area contributed by atoms with Crippen molar-refractivity contribution in [3.05, 3.63) is 61.6 Å². The van der Waals surface area contributed by atoms with Crippen molar-refractivity contribution in [2.24, 2.45) is 0 Å². The van der Waals surface area contributed by atoms with Crippen LogP contribution in [0.4, 0.5) is 0 Å². The van der Waals surface area contributed by atoms with E-state index < -0.39 is 11.2 Å². The van der Waals surface area contributed by atoms with Gasteiger partial charge in [0.2, 0.25) is 6.79 Å². The van der Waals surface area contributed by atoms with Gasteiger partial charge in [-0.1, -0.05) is 13.3 Å². The van der Waals surface area contributed by atoms with Crippen LogP contribution in [0.1, 0.15) is 25.5 Å². The fourth-order valence-corrected chi connectivity index (χ4v) is 4.28. The van der Waals surface area contributed by atoms with Crippen LogP contribution in [-0.4, -0.2) is 25.9 Å². The van der Waals surface area contributed by atoms with Crippen LogP contribution in [0.2, 0.25) is 0 Å². The summed E-state index contributed by atoms with van der Waals surface area (Å²) >= 11 is 3.52. The molecule has 9 nitrogen and oxygen atoms in total. The van der Waals surface area contributed by atoms with Crippen LogP contribution in [0.5, 0.6) is 11.5 Å². The second-order valence-corrected chi connectivity index (χ2v) is 8.08. The van der Waals surface area contributed by atoms with Crippen molar-refractivity contribution < 1.29 is 13.9 Å². The number of fused-ring (bicyclic) bond motifs is 2. The summed E-state index contributed by atoms with van der Waals surface area (Å²) in [7, 11) is 0. The molecule has 0 unspecified atom stereocenters. The molecule has 5 rings (SSSR count). The lowest BCUT2D eigenvalue weighted by Crippen LogP contribution is -2.31. The number of H-pyrrole nitrogens is 1. The Morgan fingerprint density at radius 2 is 2.10 bits per heavy atom. The molecule has 1 aliphatic heterocycles. The van der Waals surface area contributed by atoms with Gasteiger partial charge < -0.3 is 18.5 Å². The van der Waals surface area contributed by atoms with Crippen molar-refractivity contribution in [2.75, 3.05) is 6.79 Å². The van der Waals surface area contributed by atoms with E-state index in [-0.39, 0.29) is 13.3 Å². The van der Waals surface area contributed by atoms with Crippen molar-refractivity contribution in [2.45, 2.75) is 32.9 Å². The Kier molecular flexibility index (Phi) is 4.93. The highest BCUT2D eigenvalue weighted by Gasteiger charge is 2.24. The molecule has 1 aromatic carbocycles. The minimum atomic E-state index is -0.488. The van der Waals surface area contributed by atoms with Crippen LogP contribution in [0.3, 0.4) is 0 Å². The summed E-state index contributed by atoms with van der Waals surface area (Å²) in [6.07, 6.45) is 3.27. The molecular weight excluding hydrogens is 468 g/mol. The number of aryl methyl sites for hydroxylation is 1. The van der Waals surface area contributed by atoms with Crippen molar-refractivity contribution in [1.82, 2.24) is 19.1 Å². The molecule has 0 saturated carbocycles. The lowest BCUT2D eigenvalue weighted by atomic mass is 10.2. The molecular formula is C21H19BrN4O5.